The summed E-state index contributed by atoms with van der Waals surface area (Å²) in [6.07, 6.45) is 5.29. The van der Waals surface area contributed by atoms with Crippen molar-refractivity contribution in [1.29, 1.82) is 10.5 Å². The van der Waals surface area contributed by atoms with Crippen molar-refractivity contribution in [3.63, 3.8) is 0 Å². The summed E-state index contributed by atoms with van der Waals surface area (Å²) in [7, 11) is 1.90. The van der Waals surface area contributed by atoms with Crippen LogP contribution in [-0.2, 0) is 7.05 Å². The van der Waals surface area contributed by atoms with Gasteiger partial charge in [0, 0.05) is 39.9 Å². The Balaban J connectivity index is 1.94. The van der Waals surface area contributed by atoms with Gasteiger partial charge in [0.05, 0.1) is 29.0 Å². The largest absolute Gasteiger partial charge is 0.272 e. The number of aryl methyl sites for hydroxylation is 1. The molecule has 130 valence electrons. The van der Waals surface area contributed by atoms with Crippen LogP contribution in [0.2, 0.25) is 0 Å². The van der Waals surface area contributed by atoms with Gasteiger partial charge in [0.25, 0.3) is 0 Å². The van der Waals surface area contributed by atoms with Crippen LogP contribution in [0.1, 0.15) is 16.8 Å². The van der Waals surface area contributed by atoms with E-state index >= 15 is 0 Å². The summed E-state index contributed by atoms with van der Waals surface area (Å²) in [5, 5.41) is 27.5. The topological polar surface area (TPSA) is 82.7 Å². The second-order valence-corrected chi connectivity index (χ2v) is 7.12. The molecule has 0 aliphatic heterocycles. The number of hydrogen-bond acceptors (Lipinski definition) is 5. The molecule has 4 rings (SSSR count). The minimum absolute atomic E-state index is 0.501. The van der Waals surface area contributed by atoms with Crippen molar-refractivity contribution in [3.8, 4) is 23.3 Å². The van der Waals surface area contributed by atoms with E-state index in [-0.39, 0.29) is 0 Å². The lowest BCUT2D eigenvalue weighted by atomic mass is 10.1. The van der Waals surface area contributed by atoms with Crippen LogP contribution in [0.15, 0.2) is 58.7 Å². The molecular formula is C20H14N6S. The predicted molar refractivity (Wildman–Crippen MR) is 102 cm³/mol. The summed E-state index contributed by atoms with van der Waals surface area (Å²) >= 11 is 1.46. The number of hydrogen-bond donors (Lipinski definition) is 0. The molecule has 0 radical (unpaired) electrons. The van der Waals surface area contributed by atoms with Crippen LogP contribution in [0.3, 0.4) is 0 Å². The Kier molecular flexibility index (Phi) is 4.15. The number of nitrogens with zero attached hydrogens (tertiary/aromatic N) is 6. The molecule has 4 aromatic rings. The SMILES string of the molecule is Cc1c(-c2cc(Sc3ccccc3C#N)c3c(C#N)cnn3c2)cnn1C. The Labute approximate surface area is 160 Å². The van der Waals surface area contributed by atoms with Gasteiger partial charge in [-0.05, 0) is 25.1 Å². The molecule has 1 aromatic carbocycles. The Morgan fingerprint density at radius 3 is 2.48 bits per heavy atom. The lowest BCUT2D eigenvalue weighted by molar-refractivity contribution is 0.740. The molecule has 0 fully saturated rings. The van der Waals surface area contributed by atoms with Crippen molar-refractivity contribution in [1.82, 2.24) is 19.4 Å². The molecule has 0 amide bonds. The lowest BCUT2D eigenvalue weighted by Crippen LogP contribution is -1.95. The molecule has 7 heteroatoms. The molecule has 3 aromatic heterocycles. The van der Waals surface area contributed by atoms with E-state index in [0.717, 1.165) is 32.1 Å². The van der Waals surface area contributed by atoms with Gasteiger partial charge in [0.2, 0.25) is 0 Å². The summed E-state index contributed by atoms with van der Waals surface area (Å²) in [4.78, 5) is 1.71. The normalized spacial score (nSPS) is 10.7. The smallest absolute Gasteiger partial charge is 0.103 e. The Morgan fingerprint density at radius 1 is 1.00 bits per heavy atom. The predicted octanol–water partition coefficient (Wildman–Crippen LogP) is 3.94. The van der Waals surface area contributed by atoms with Gasteiger partial charge in [-0.25, -0.2) is 4.52 Å². The van der Waals surface area contributed by atoms with Crippen LogP contribution in [0.4, 0.5) is 0 Å². The lowest BCUT2D eigenvalue weighted by Gasteiger charge is -2.10. The van der Waals surface area contributed by atoms with E-state index in [4.69, 9.17) is 0 Å². The van der Waals surface area contributed by atoms with Gasteiger partial charge in [0.1, 0.15) is 12.1 Å². The number of nitriles is 2. The molecule has 0 unspecified atom stereocenters. The third kappa shape index (κ3) is 2.84. The first kappa shape index (κ1) is 16.9. The number of rotatable bonds is 3. The zero-order valence-electron chi connectivity index (χ0n) is 14.7. The maximum Gasteiger partial charge on any atom is 0.103 e. The highest BCUT2D eigenvalue weighted by molar-refractivity contribution is 7.99. The molecule has 0 bridgehead atoms. The maximum atomic E-state index is 9.47. The van der Waals surface area contributed by atoms with Crippen LogP contribution >= 0.6 is 11.8 Å². The monoisotopic (exact) mass is 370 g/mol. The Morgan fingerprint density at radius 2 is 1.78 bits per heavy atom. The highest BCUT2D eigenvalue weighted by Gasteiger charge is 2.16. The van der Waals surface area contributed by atoms with E-state index in [9.17, 15) is 10.5 Å². The van der Waals surface area contributed by atoms with Crippen LogP contribution in [0.25, 0.3) is 16.6 Å². The molecule has 0 atom stereocenters. The van der Waals surface area contributed by atoms with Gasteiger partial charge in [-0.1, -0.05) is 23.9 Å². The first-order valence-electron chi connectivity index (χ1n) is 8.20. The molecule has 6 nitrogen and oxygen atoms in total. The maximum absolute atomic E-state index is 9.47. The van der Waals surface area contributed by atoms with Gasteiger partial charge in [-0.2, -0.15) is 20.7 Å². The van der Waals surface area contributed by atoms with Gasteiger partial charge in [-0.15, -0.1) is 0 Å². The number of benzene rings is 1. The van der Waals surface area contributed by atoms with Gasteiger partial charge < -0.3 is 0 Å². The second-order valence-electron chi connectivity index (χ2n) is 6.03. The quantitative estimate of drug-likeness (QED) is 0.545. The average molecular weight is 370 g/mol. The summed E-state index contributed by atoms with van der Waals surface area (Å²) in [5.74, 6) is 0. The minimum atomic E-state index is 0.501. The van der Waals surface area contributed by atoms with Crippen molar-refractivity contribution < 1.29 is 0 Å². The Bertz CT molecular complexity index is 1250. The summed E-state index contributed by atoms with van der Waals surface area (Å²) in [6.45, 7) is 2.01. The second kappa shape index (κ2) is 6.64. The zero-order chi connectivity index (χ0) is 19.0. The minimum Gasteiger partial charge on any atom is -0.272 e. The van der Waals surface area contributed by atoms with Crippen molar-refractivity contribution in [3.05, 3.63) is 65.7 Å². The standard InChI is InChI=1S/C20H14N6S/c1-13-17(11-23-25(13)2)15-7-19(20-16(9-22)10-24-26(20)12-15)27-18-6-4-3-5-14(18)8-21/h3-7,10-12H,1-2H3. The molecular weight excluding hydrogens is 356 g/mol. The number of fused-ring (bicyclic) bond motifs is 1. The van der Waals surface area contributed by atoms with Crippen molar-refractivity contribution in [2.45, 2.75) is 16.7 Å². The fourth-order valence-electron chi connectivity index (χ4n) is 2.94. The Hall–Kier alpha value is -3.55. The van der Waals surface area contributed by atoms with Crippen LogP contribution in [0, 0.1) is 29.6 Å². The first-order chi connectivity index (χ1) is 13.1. The summed E-state index contributed by atoms with van der Waals surface area (Å²) in [6, 6.07) is 13.9. The van der Waals surface area contributed by atoms with E-state index < -0.39 is 0 Å². The van der Waals surface area contributed by atoms with Crippen LogP contribution < -0.4 is 0 Å². The van der Waals surface area contributed by atoms with Crippen LogP contribution in [0.5, 0.6) is 0 Å². The van der Waals surface area contributed by atoms with E-state index in [1.54, 1.807) is 16.8 Å². The van der Waals surface area contributed by atoms with Gasteiger partial charge in [0.15, 0.2) is 0 Å². The van der Waals surface area contributed by atoms with Gasteiger partial charge in [-0.3, -0.25) is 4.68 Å². The summed E-state index contributed by atoms with van der Waals surface area (Å²) < 4.78 is 3.54. The van der Waals surface area contributed by atoms with Gasteiger partial charge >= 0.3 is 0 Å². The molecule has 0 aliphatic rings. The van der Waals surface area contributed by atoms with Crippen molar-refractivity contribution in [2.75, 3.05) is 0 Å². The zero-order valence-corrected chi connectivity index (χ0v) is 15.5. The molecule has 0 saturated carbocycles. The highest BCUT2D eigenvalue weighted by atomic mass is 32.2. The molecule has 27 heavy (non-hydrogen) atoms. The number of pyridine rings is 1. The fraction of sp³-hybridized carbons (Fsp3) is 0.100. The molecule has 0 saturated heterocycles. The van der Waals surface area contributed by atoms with E-state index in [1.807, 2.05) is 55.3 Å². The fourth-order valence-corrected chi connectivity index (χ4v) is 4.03. The molecule has 0 N–H and O–H groups in total. The van der Waals surface area contributed by atoms with Crippen molar-refractivity contribution in [2.24, 2.45) is 7.05 Å². The van der Waals surface area contributed by atoms with Crippen LogP contribution in [-0.4, -0.2) is 19.4 Å². The third-order valence-corrected chi connectivity index (χ3v) is 5.58. The van der Waals surface area contributed by atoms with Crippen molar-refractivity contribution >= 4 is 17.3 Å². The summed E-state index contributed by atoms with van der Waals surface area (Å²) in [5.41, 5.74) is 4.83. The van der Waals surface area contributed by atoms with E-state index in [1.165, 1.54) is 11.8 Å². The first-order valence-corrected chi connectivity index (χ1v) is 9.01. The molecule has 0 spiro atoms. The third-order valence-electron chi connectivity index (χ3n) is 4.47. The molecule has 3 heterocycles. The highest BCUT2D eigenvalue weighted by Crippen LogP contribution is 2.37. The molecule has 0 aliphatic carbocycles. The van der Waals surface area contributed by atoms with E-state index in [2.05, 4.69) is 22.3 Å². The average Bonchev–Trinajstić information content (AvgIpc) is 3.25. The number of aromatic nitrogens is 4. The van der Waals surface area contributed by atoms with E-state index in [0.29, 0.717) is 11.1 Å².